The molecule has 1 N–H and O–H groups in total. The smallest absolute Gasteiger partial charge is 0.119 e. The molecule has 2 nitrogen and oxygen atoms in total. The van der Waals surface area contributed by atoms with Crippen molar-refractivity contribution in [3.63, 3.8) is 0 Å². The van der Waals surface area contributed by atoms with E-state index in [4.69, 9.17) is 5.11 Å². The van der Waals surface area contributed by atoms with Crippen molar-refractivity contribution < 1.29 is 33.6 Å². The first-order chi connectivity index (χ1) is 6.45. The maximum Gasteiger partial charge on any atom is 0.119 e. The lowest BCUT2D eigenvalue weighted by molar-refractivity contribution is -0.881. The normalized spacial score (nSPS) is 12.4. The van der Waals surface area contributed by atoms with Crippen LogP contribution in [0.5, 0.6) is 0 Å². The minimum atomic E-state index is -1.03. The summed E-state index contributed by atoms with van der Waals surface area (Å²) in [4.78, 5) is 0. The van der Waals surface area contributed by atoms with E-state index in [-0.39, 0.29) is 24.0 Å². The molecule has 0 aromatic carbocycles. The van der Waals surface area contributed by atoms with Gasteiger partial charge in [-0.05, 0) is 0 Å². The molecule has 0 aromatic rings. The van der Waals surface area contributed by atoms with Crippen molar-refractivity contribution >= 4 is 8.07 Å². The molecule has 4 heteroatoms. The molecule has 0 amide bonds. The van der Waals surface area contributed by atoms with Crippen molar-refractivity contribution in [2.75, 3.05) is 33.4 Å². The van der Waals surface area contributed by atoms with Crippen LogP contribution in [0.15, 0.2) is 0 Å². The molecule has 94 valence electrons. The third kappa shape index (κ3) is 6.24. The van der Waals surface area contributed by atoms with Crippen LogP contribution in [-0.4, -0.2) is 51.1 Å². The summed E-state index contributed by atoms with van der Waals surface area (Å²) < 4.78 is 0.998. The molecule has 0 bridgehead atoms. The summed E-state index contributed by atoms with van der Waals surface area (Å²) in [5.41, 5.74) is 0. The molecule has 0 heterocycles. The SMILES string of the molecule is CC[Si](CC)(CC)C[N+](C)(C)CCO.[I-]. The van der Waals surface area contributed by atoms with E-state index in [1.54, 1.807) is 0 Å². The Morgan fingerprint density at radius 1 is 1.00 bits per heavy atom. The molecule has 0 radical (unpaired) electrons. The highest BCUT2D eigenvalue weighted by molar-refractivity contribution is 6.79. The van der Waals surface area contributed by atoms with Crippen molar-refractivity contribution in [2.24, 2.45) is 0 Å². The van der Waals surface area contributed by atoms with Gasteiger partial charge >= 0.3 is 0 Å². The second-order valence-electron chi connectivity index (χ2n) is 5.10. The van der Waals surface area contributed by atoms with Crippen LogP contribution in [0.25, 0.3) is 0 Å². The van der Waals surface area contributed by atoms with Crippen LogP contribution in [0.2, 0.25) is 18.1 Å². The number of halogens is 1. The van der Waals surface area contributed by atoms with Crippen molar-refractivity contribution in [3.8, 4) is 0 Å². The van der Waals surface area contributed by atoms with Gasteiger partial charge in [-0.25, -0.2) is 0 Å². The van der Waals surface area contributed by atoms with Gasteiger partial charge in [-0.2, -0.15) is 0 Å². The molecule has 0 aliphatic rings. The number of likely N-dealkylation sites (N-methyl/N-ethyl adjacent to an activating group) is 1. The molecule has 0 atom stereocenters. The second-order valence-corrected chi connectivity index (χ2v) is 10.5. The van der Waals surface area contributed by atoms with E-state index in [0.717, 1.165) is 11.0 Å². The third-order valence-corrected chi connectivity index (χ3v) is 9.75. The Labute approximate surface area is 114 Å². The first-order valence-corrected chi connectivity index (χ1v) is 8.71. The predicted octanol–water partition coefficient (Wildman–Crippen LogP) is -0.893. The summed E-state index contributed by atoms with van der Waals surface area (Å²) in [6.07, 6.45) is 1.32. The molecule has 0 aliphatic carbocycles. The molecule has 0 aliphatic heterocycles. The molecule has 0 saturated carbocycles. The zero-order valence-electron chi connectivity index (χ0n) is 11.0. The van der Waals surface area contributed by atoms with Gasteiger partial charge in [0.2, 0.25) is 0 Å². The van der Waals surface area contributed by atoms with E-state index < -0.39 is 8.07 Å². The molecule has 0 fully saturated rings. The molecular formula is C11H28INOSi. The van der Waals surface area contributed by atoms with Crippen molar-refractivity contribution in [2.45, 2.75) is 38.9 Å². The van der Waals surface area contributed by atoms with Crippen LogP contribution in [0, 0.1) is 0 Å². The number of quaternary nitrogens is 1. The lowest BCUT2D eigenvalue weighted by Gasteiger charge is -2.38. The fourth-order valence-corrected chi connectivity index (χ4v) is 6.49. The topological polar surface area (TPSA) is 20.2 Å². The lowest BCUT2D eigenvalue weighted by atomic mass is 10.5. The van der Waals surface area contributed by atoms with E-state index >= 15 is 0 Å². The Balaban J connectivity index is 0. The molecule has 0 unspecified atom stereocenters. The average molecular weight is 345 g/mol. The number of hydrogen-bond donors (Lipinski definition) is 1. The second kappa shape index (κ2) is 8.03. The highest BCUT2D eigenvalue weighted by atomic mass is 127. The fourth-order valence-electron chi connectivity index (χ4n) is 2.34. The largest absolute Gasteiger partial charge is 1.00 e. The Kier molecular flexibility index (Phi) is 9.76. The van der Waals surface area contributed by atoms with Crippen LogP contribution in [-0.2, 0) is 0 Å². The average Bonchev–Trinajstić information content (AvgIpc) is 2.14. The van der Waals surface area contributed by atoms with Crippen molar-refractivity contribution in [1.29, 1.82) is 0 Å². The van der Waals surface area contributed by atoms with Gasteiger partial charge in [0.25, 0.3) is 0 Å². The van der Waals surface area contributed by atoms with Gasteiger partial charge < -0.3 is 33.6 Å². The van der Waals surface area contributed by atoms with Gasteiger partial charge in [0, 0.05) is 0 Å². The molecule has 0 rings (SSSR count). The van der Waals surface area contributed by atoms with E-state index in [1.165, 1.54) is 24.3 Å². The predicted molar refractivity (Wildman–Crippen MR) is 66.1 cm³/mol. The van der Waals surface area contributed by atoms with Crippen LogP contribution in [0.1, 0.15) is 20.8 Å². The highest BCUT2D eigenvalue weighted by Gasteiger charge is 2.34. The maximum atomic E-state index is 9.02. The van der Waals surface area contributed by atoms with Crippen LogP contribution in [0.4, 0.5) is 0 Å². The highest BCUT2D eigenvalue weighted by Crippen LogP contribution is 2.22. The Morgan fingerprint density at radius 3 is 1.67 bits per heavy atom. The van der Waals surface area contributed by atoms with Gasteiger partial charge in [-0.3, -0.25) is 0 Å². The summed E-state index contributed by atoms with van der Waals surface area (Å²) in [5.74, 6) is 0. The van der Waals surface area contributed by atoms with Crippen LogP contribution < -0.4 is 24.0 Å². The van der Waals surface area contributed by atoms with Crippen LogP contribution in [0.3, 0.4) is 0 Å². The molecule has 15 heavy (non-hydrogen) atoms. The van der Waals surface area contributed by atoms with Gasteiger partial charge in [-0.1, -0.05) is 38.9 Å². The Morgan fingerprint density at radius 2 is 1.40 bits per heavy atom. The summed E-state index contributed by atoms with van der Waals surface area (Å²) >= 11 is 0. The zero-order valence-corrected chi connectivity index (χ0v) is 14.2. The first kappa shape index (κ1) is 18.2. The van der Waals surface area contributed by atoms with E-state index in [1.807, 2.05) is 0 Å². The first-order valence-electron chi connectivity index (χ1n) is 5.88. The molecule has 0 aromatic heterocycles. The van der Waals surface area contributed by atoms with E-state index in [2.05, 4.69) is 34.9 Å². The Bertz CT molecular complexity index is 152. The molecule has 0 spiro atoms. The summed E-state index contributed by atoms with van der Waals surface area (Å²) in [6.45, 7) is 8.25. The van der Waals surface area contributed by atoms with Gasteiger partial charge in [-0.15, -0.1) is 0 Å². The maximum absolute atomic E-state index is 9.02. The van der Waals surface area contributed by atoms with Crippen LogP contribution >= 0.6 is 0 Å². The third-order valence-electron chi connectivity index (χ3n) is 3.72. The standard InChI is InChI=1S/C11H28NOSi.HI/c1-6-14(7-2,8-3)11-12(4,5)9-10-13;/h13H,6-11H2,1-5H3;1H/q+1;/p-1. The van der Waals surface area contributed by atoms with Crippen molar-refractivity contribution in [1.82, 2.24) is 0 Å². The number of aliphatic hydroxyl groups excluding tert-OH is 1. The summed E-state index contributed by atoms with van der Waals surface area (Å²) in [5, 5.41) is 9.02. The number of nitrogens with zero attached hydrogens (tertiary/aromatic N) is 1. The monoisotopic (exact) mass is 345 g/mol. The minimum absolute atomic E-state index is 0. The van der Waals surface area contributed by atoms with Gasteiger partial charge in [0.1, 0.15) is 14.6 Å². The minimum Gasteiger partial charge on any atom is -1.00 e. The molecular weight excluding hydrogens is 317 g/mol. The Hall–Kier alpha value is 0.867. The van der Waals surface area contributed by atoms with E-state index in [0.29, 0.717) is 6.61 Å². The molecule has 0 saturated heterocycles. The van der Waals surface area contributed by atoms with Crippen molar-refractivity contribution in [3.05, 3.63) is 0 Å². The lowest BCUT2D eigenvalue weighted by Crippen LogP contribution is -3.00. The zero-order chi connectivity index (χ0) is 11.2. The fraction of sp³-hybridized carbons (Fsp3) is 1.00. The van der Waals surface area contributed by atoms with Gasteiger partial charge in [0.05, 0.1) is 26.9 Å². The number of hydrogen-bond acceptors (Lipinski definition) is 1. The summed E-state index contributed by atoms with van der Waals surface area (Å²) in [7, 11) is 3.47. The van der Waals surface area contributed by atoms with Gasteiger partial charge in [0.15, 0.2) is 0 Å². The number of aliphatic hydroxyl groups is 1. The summed E-state index contributed by atoms with van der Waals surface area (Å²) in [6, 6.07) is 4.15. The quantitative estimate of drug-likeness (QED) is 0.361. The van der Waals surface area contributed by atoms with E-state index in [9.17, 15) is 0 Å². The number of rotatable bonds is 7.